The second kappa shape index (κ2) is 7.79. The van der Waals surface area contributed by atoms with Crippen molar-refractivity contribution in [1.82, 2.24) is 9.80 Å². The molecule has 2 aromatic carbocycles. The monoisotopic (exact) mass is 518 g/mol. The lowest BCUT2D eigenvalue weighted by Crippen LogP contribution is -2.78. The minimum atomic E-state index is -0.950. The van der Waals surface area contributed by atoms with Crippen molar-refractivity contribution < 1.29 is 29.2 Å². The van der Waals surface area contributed by atoms with Gasteiger partial charge in [0.15, 0.2) is 23.0 Å². The molecular formula is C30H34N2O6. The van der Waals surface area contributed by atoms with E-state index in [2.05, 4.69) is 4.90 Å². The van der Waals surface area contributed by atoms with Gasteiger partial charge in [-0.1, -0.05) is 12.1 Å². The van der Waals surface area contributed by atoms with Crippen molar-refractivity contribution in [3.63, 3.8) is 0 Å². The van der Waals surface area contributed by atoms with Gasteiger partial charge < -0.3 is 29.3 Å². The standard InChI is InChI=1S/C30H34N2O6/c1-31(25(34)13-18-4-7-22-23(12-18)37-16-36-22)20-8-9-30(35)24-14-19-5-6-21(33)27-26(19)29(30,28(20)38-27)10-11-32(24)15-17-2-3-17/h4-7,12,17,20,24,28,33,35H,2-3,8-11,13-16H2,1H3/t20-,24+,28+,29+,30-/m1/s1. The maximum atomic E-state index is 13.6. The number of ether oxygens (including phenoxy) is 3. The Morgan fingerprint density at radius 1 is 1.13 bits per heavy atom. The Labute approximate surface area is 222 Å². The molecule has 1 saturated heterocycles. The number of aromatic hydroxyl groups is 1. The number of piperidine rings is 1. The number of phenolic OH excluding ortho intramolecular Hbond substituents is 1. The summed E-state index contributed by atoms with van der Waals surface area (Å²) in [5.74, 6) is 2.76. The molecule has 3 aliphatic carbocycles. The van der Waals surface area contributed by atoms with E-state index in [-0.39, 0.29) is 37.0 Å². The molecule has 2 N–H and O–H groups in total. The number of fused-ring (bicyclic) bond motifs is 1. The number of carbonyl (C=O) groups excluding carboxylic acids is 1. The molecule has 0 aromatic heterocycles. The molecule has 5 atom stereocenters. The van der Waals surface area contributed by atoms with Crippen molar-refractivity contribution in [2.24, 2.45) is 5.92 Å². The average Bonchev–Trinajstić information content (AvgIpc) is 3.47. The van der Waals surface area contributed by atoms with Crippen LogP contribution >= 0.6 is 0 Å². The molecule has 2 bridgehead atoms. The molecule has 2 saturated carbocycles. The van der Waals surface area contributed by atoms with Gasteiger partial charge in [0.25, 0.3) is 0 Å². The quantitative estimate of drug-likeness (QED) is 0.629. The van der Waals surface area contributed by atoms with Gasteiger partial charge in [-0.15, -0.1) is 0 Å². The molecule has 8 heteroatoms. The first kappa shape index (κ1) is 23.0. The SMILES string of the molecule is CN(C(=O)Cc1ccc2c(c1)OCO2)[C@@H]1CC[C@@]2(O)[C@@H]3Cc4ccc(O)c5c4[C@@]2(CCN3CC2CC2)[C@H]1O5. The molecule has 0 radical (unpaired) electrons. The summed E-state index contributed by atoms with van der Waals surface area (Å²) in [7, 11) is 1.86. The van der Waals surface area contributed by atoms with Crippen LogP contribution in [-0.2, 0) is 23.1 Å². The van der Waals surface area contributed by atoms with Crippen LogP contribution in [0.1, 0.15) is 48.8 Å². The number of hydrogen-bond donors (Lipinski definition) is 2. The fraction of sp³-hybridized carbons (Fsp3) is 0.567. The van der Waals surface area contributed by atoms with Crippen molar-refractivity contribution in [2.75, 3.05) is 26.9 Å². The summed E-state index contributed by atoms with van der Waals surface area (Å²) in [6.07, 6.45) is 5.21. The molecule has 3 heterocycles. The molecule has 1 amide bonds. The fourth-order valence-corrected chi connectivity index (χ4v) is 8.39. The summed E-state index contributed by atoms with van der Waals surface area (Å²) in [6.45, 7) is 2.15. The van der Waals surface area contributed by atoms with Gasteiger partial charge in [0, 0.05) is 25.2 Å². The lowest BCUT2D eigenvalue weighted by molar-refractivity contribution is -0.200. The van der Waals surface area contributed by atoms with E-state index in [1.807, 2.05) is 36.2 Å². The summed E-state index contributed by atoms with van der Waals surface area (Å²) in [6, 6.07) is 9.21. The van der Waals surface area contributed by atoms with Crippen LogP contribution in [0.3, 0.4) is 0 Å². The third kappa shape index (κ3) is 2.96. The van der Waals surface area contributed by atoms with Gasteiger partial charge in [-0.25, -0.2) is 0 Å². The predicted octanol–water partition coefficient (Wildman–Crippen LogP) is 2.75. The molecule has 3 fully saturated rings. The van der Waals surface area contributed by atoms with E-state index in [4.69, 9.17) is 14.2 Å². The average molecular weight is 519 g/mol. The van der Waals surface area contributed by atoms with E-state index in [9.17, 15) is 15.0 Å². The highest BCUT2D eigenvalue weighted by molar-refractivity contribution is 5.79. The van der Waals surface area contributed by atoms with Crippen molar-refractivity contribution in [3.05, 3.63) is 47.0 Å². The molecule has 2 aromatic rings. The van der Waals surface area contributed by atoms with Crippen LogP contribution in [0.25, 0.3) is 0 Å². The maximum absolute atomic E-state index is 13.6. The van der Waals surface area contributed by atoms with Gasteiger partial charge in [0.2, 0.25) is 12.7 Å². The first-order chi connectivity index (χ1) is 18.4. The maximum Gasteiger partial charge on any atom is 0.231 e. The number of phenols is 1. The number of carbonyl (C=O) groups is 1. The number of rotatable bonds is 5. The van der Waals surface area contributed by atoms with Gasteiger partial charge in [-0.3, -0.25) is 9.69 Å². The highest BCUT2D eigenvalue weighted by Crippen LogP contribution is 2.66. The normalized spacial score (nSPS) is 34.0. The van der Waals surface area contributed by atoms with E-state index in [0.29, 0.717) is 30.1 Å². The third-order valence-corrected chi connectivity index (χ3v) is 10.4. The second-order valence-corrected chi connectivity index (χ2v) is 12.3. The van der Waals surface area contributed by atoms with Crippen LogP contribution in [0.15, 0.2) is 30.3 Å². The third-order valence-electron chi connectivity index (χ3n) is 10.4. The Morgan fingerprint density at radius 2 is 1.97 bits per heavy atom. The molecule has 8 nitrogen and oxygen atoms in total. The minimum Gasteiger partial charge on any atom is -0.504 e. The summed E-state index contributed by atoms with van der Waals surface area (Å²) in [4.78, 5) is 18.0. The largest absolute Gasteiger partial charge is 0.504 e. The van der Waals surface area contributed by atoms with Crippen molar-refractivity contribution >= 4 is 5.91 Å². The Balaban J connectivity index is 1.14. The highest BCUT2D eigenvalue weighted by Gasteiger charge is 2.73. The van der Waals surface area contributed by atoms with Gasteiger partial charge in [-0.05, 0) is 80.3 Å². The summed E-state index contributed by atoms with van der Waals surface area (Å²) < 4.78 is 17.6. The van der Waals surface area contributed by atoms with E-state index >= 15 is 0 Å². The Morgan fingerprint density at radius 3 is 2.82 bits per heavy atom. The lowest BCUT2D eigenvalue weighted by atomic mass is 9.48. The molecule has 38 heavy (non-hydrogen) atoms. The highest BCUT2D eigenvalue weighted by atomic mass is 16.7. The van der Waals surface area contributed by atoms with Crippen LogP contribution in [0.5, 0.6) is 23.0 Å². The van der Waals surface area contributed by atoms with Crippen LogP contribution in [-0.4, -0.2) is 76.6 Å². The molecular weight excluding hydrogens is 484 g/mol. The van der Waals surface area contributed by atoms with E-state index in [1.165, 1.54) is 18.4 Å². The summed E-state index contributed by atoms with van der Waals surface area (Å²) >= 11 is 0. The summed E-state index contributed by atoms with van der Waals surface area (Å²) in [5, 5.41) is 23.5. The zero-order valence-corrected chi connectivity index (χ0v) is 21.7. The van der Waals surface area contributed by atoms with Gasteiger partial charge in [-0.2, -0.15) is 0 Å². The van der Waals surface area contributed by atoms with Crippen molar-refractivity contribution in [2.45, 2.75) is 74.1 Å². The van der Waals surface area contributed by atoms with Crippen LogP contribution in [0.2, 0.25) is 0 Å². The number of aliphatic hydroxyl groups is 1. The molecule has 8 rings (SSSR count). The zero-order valence-electron chi connectivity index (χ0n) is 21.7. The van der Waals surface area contributed by atoms with Crippen molar-refractivity contribution in [1.29, 1.82) is 0 Å². The van der Waals surface area contributed by atoms with Gasteiger partial charge in [0.1, 0.15) is 6.10 Å². The Bertz CT molecular complexity index is 1340. The molecule has 200 valence electrons. The van der Waals surface area contributed by atoms with Crippen molar-refractivity contribution in [3.8, 4) is 23.0 Å². The predicted molar refractivity (Wildman–Crippen MR) is 138 cm³/mol. The summed E-state index contributed by atoms with van der Waals surface area (Å²) in [5.41, 5.74) is 1.46. The van der Waals surface area contributed by atoms with Crippen LogP contribution < -0.4 is 14.2 Å². The fourth-order valence-electron chi connectivity index (χ4n) is 8.39. The van der Waals surface area contributed by atoms with E-state index in [1.54, 1.807) is 6.07 Å². The molecule has 3 aliphatic heterocycles. The minimum absolute atomic E-state index is 0.00163. The number of nitrogens with zero attached hydrogens (tertiary/aromatic N) is 2. The number of likely N-dealkylation sites (N-methyl/N-ethyl adjacent to an activating group) is 1. The van der Waals surface area contributed by atoms with E-state index in [0.717, 1.165) is 43.0 Å². The second-order valence-electron chi connectivity index (χ2n) is 12.3. The number of amides is 1. The first-order valence-electron chi connectivity index (χ1n) is 14.0. The van der Waals surface area contributed by atoms with Crippen LogP contribution in [0.4, 0.5) is 0 Å². The number of hydrogen-bond acceptors (Lipinski definition) is 7. The Hall–Kier alpha value is -2.97. The van der Waals surface area contributed by atoms with Gasteiger partial charge in [0.05, 0.1) is 23.5 Å². The topological polar surface area (TPSA) is 91.7 Å². The first-order valence-corrected chi connectivity index (χ1v) is 14.0. The van der Waals surface area contributed by atoms with Crippen LogP contribution in [0, 0.1) is 5.92 Å². The Kier molecular flexibility index (Phi) is 4.71. The van der Waals surface area contributed by atoms with Gasteiger partial charge >= 0.3 is 0 Å². The zero-order chi connectivity index (χ0) is 25.8. The lowest BCUT2D eigenvalue weighted by Gasteiger charge is -2.64. The van der Waals surface area contributed by atoms with E-state index < -0.39 is 17.1 Å². The number of benzene rings is 2. The number of likely N-dealkylation sites (tertiary alicyclic amines) is 1. The smallest absolute Gasteiger partial charge is 0.231 e. The molecule has 6 aliphatic rings. The molecule has 1 spiro atoms. The molecule has 0 unspecified atom stereocenters.